The predicted molar refractivity (Wildman–Crippen MR) is 127 cm³/mol. The number of amides is 2. The molecular formula is C27H34FN3O2. The first-order valence-corrected chi connectivity index (χ1v) is 12.0. The number of nitrogens with zero attached hydrogens (tertiary/aromatic N) is 2. The molecule has 0 radical (unpaired) electrons. The summed E-state index contributed by atoms with van der Waals surface area (Å²) in [6.45, 7) is 5.88. The number of rotatable bonds is 7. The Kier molecular flexibility index (Phi) is 7.43. The Morgan fingerprint density at radius 1 is 1.06 bits per heavy atom. The van der Waals surface area contributed by atoms with Crippen LogP contribution in [0.5, 0.6) is 0 Å². The van der Waals surface area contributed by atoms with Gasteiger partial charge in [0.05, 0.1) is 0 Å². The minimum absolute atomic E-state index is 0.0809. The molecule has 176 valence electrons. The minimum atomic E-state index is -0.336. The van der Waals surface area contributed by atoms with Gasteiger partial charge in [-0.05, 0) is 55.9 Å². The zero-order valence-corrected chi connectivity index (χ0v) is 19.5. The van der Waals surface area contributed by atoms with Crippen molar-refractivity contribution < 1.29 is 14.0 Å². The Hall–Kier alpha value is -2.73. The smallest absolute Gasteiger partial charge is 0.222 e. The van der Waals surface area contributed by atoms with E-state index < -0.39 is 0 Å². The maximum Gasteiger partial charge on any atom is 0.222 e. The highest BCUT2D eigenvalue weighted by Crippen LogP contribution is 2.30. The molecule has 0 aliphatic carbocycles. The highest BCUT2D eigenvalue weighted by atomic mass is 19.1. The molecule has 2 saturated heterocycles. The summed E-state index contributed by atoms with van der Waals surface area (Å²) >= 11 is 0. The van der Waals surface area contributed by atoms with Gasteiger partial charge in [-0.2, -0.15) is 0 Å². The molecule has 1 atom stereocenters. The number of halogens is 1. The number of nitrogens with one attached hydrogen (secondary N) is 1. The minimum Gasteiger partial charge on any atom is -0.350 e. The molecule has 0 spiro atoms. The maximum absolute atomic E-state index is 13.5. The Morgan fingerprint density at radius 2 is 1.88 bits per heavy atom. The van der Waals surface area contributed by atoms with E-state index in [4.69, 9.17) is 0 Å². The second-order valence-electron chi connectivity index (χ2n) is 9.63. The van der Waals surface area contributed by atoms with Crippen molar-refractivity contribution in [1.82, 2.24) is 15.1 Å². The van der Waals surface area contributed by atoms with Crippen molar-refractivity contribution >= 4 is 11.8 Å². The van der Waals surface area contributed by atoms with E-state index in [1.807, 2.05) is 11.0 Å². The van der Waals surface area contributed by atoms with Crippen LogP contribution in [0, 0.1) is 12.7 Å². The SMILES string of the molecule is Cc1ccc(CC2(CCC(=O)N3CCCN(Cc4cccc(F)c4)CC3)CCC(=O)N2)cc1. The van der Waals surface area contributed by atoms with Crippen LogP contribution >= 0.6 is 0 Å². The molecule has 0 saturated carbocycles. The topological polar surface area (TPSA) is 52.7 Å². The molecule has 4 rings (SSSR count). The van der Waals surface area contributed by atoms with Gasteiger partial charge >= 0.3 is 0 Å². The lowest BCUT2D eigenvalue weighted by Crippen LogP contribution is -2.45. The van der Waals surface area contributed by atoms with E-state index in [1.165, 1.54) is 17.2 Å². The largest absolute Gasteiger partial charge is 0.350 e. The van der Waals surface area contributed by atoms with Crippen LogP contribution in [0.2, 0.25) is 0 Å². The summed E-state index contributed by atoms with van der Waals surface area (Å²) in [5.74, 6) is 0.0297. The highest BCUT2D eigenvalue weighted by Gasteiger charge is 2.38. The van der Waals surface area contributed by atoms with Gasteiger partial charge in [-0.25, -0.2) is 4.39 Å². The van der Waals surface area contributed by atoms with Crippen LogP contribution in [-0.4, -0.2) is 53.3 Å². The summed E-state index contributed by atoms with van der Waals surface area (Å²) in [6, 6.07) is 15.2. The molecule has 5 nitrogen and oxygen atoms in total. The molecule has 0 aromatic heterocycles. The molecular weight excluding hydrogens is 417 g/mol. The van der Waals surface area contributed by atoms with Gasteiger partial charge in [0.2, 0.25) is 11.8 Å². The first-order valence-electron chi connectivity index (χ1n) is 12.0. The number of carbonyl (C=O) groups excluding carboxylic acids is 2. The molecule has 2 aliphatic rings. The summed E-state index contributed by atoms with van der Waals surface area (Å²) in [6.07, 6.45) is 4.07. The zero-order chi connectivity index (χ0) is 23.3. The number of aryl methyl sites for hydroxylation is 1. The van der Waals surface area contributed by atoms with E-state index in [0.717, 1.165) is 44.5 Å². The summed E-state index contributed by atoms with van der Waals surface area (Å²) in [4.78, 5) is 29.4. The molecule has 2 aromatic rings. The average molecular weight is 452 g/mol. The van der Waals surface area contributed by atoms with Crippen LogP contribution in [0.4, 0.5) is 4.39 Å². The van der Waals surface area contributed by atoms with Crippen molar-refractivity contribution in [1.29, 1.82) is 0 Å². The van der Waals surface area contributed by atoms with Crippen LogP contribution in [0.3, 0.4) is 0 Å². The Bertz CT molecular complexity index is 978. The average Bonchev–Trinajstić information content (AvgIpc) is 3.00. The molecule has 33 heavy (non-hydrogen) atoms. The Balaban J connectivity index is 1.32. The van der Waals surface area contributed by atoms with Crippen LogP contribution in [0.1, 0.15) is 48.8 Å². The van der Waals surface area contributed by atoms with E-state index in [9.17, 15) is 14.0 Å². The van der Waals surface area contributed by atoms with Crippen molar-refractivity contribution in [3.8, 4) is 0 Å². The lowest BCUT2D eigenvalue weighted by atomic mass is 9.84. The predicted octanol–water partition coefficient (Wildman–Crippen LogP) is 3.84. The molecule has 2 amide bonds. The quantitative estimate of drug-likeness (QED) is 0.696. The zero-order valence-electron chi connectivity index (χ0n) is 19.5. The molecule has 1 N–H and O–H groups in total. The van der Waals surface area contributed by atoms with Gasteiger partial charge in [0, 0.05) is 51.1 Å². The standard InChI is InChI=1S/C27H34FN3O2/c1-21-6-8-22(9-7-21)19-27(12-10-25(32)29-27)13-11-26(33)31-15-3-14-30(16-17-31)20-23-4-2-5-24(28)18-23/h2,4-9,18H,3,10-17,19-20H2,1H3,(H,29,32). The first-order chi connectivity index (χ1) is 15.9. The third kappa shape index (κ3) is 6.41. The van der Waals surface area contributed by atoms with Crippen LogP contribution in [0.15, 0.2) is 48.5 Å². The van der Waals surface area contributed by atoms with E-state index in [2.05, 4.69) is 41.4 Å². The van der Waals surface area contributed by atoms with E-state index in [0.29, 0.717) is 32.4 Å². The van der Waals surface area contributed by atoms with Gasteiger partial charge in [0.25, 0.3) is 0 Å². The summed E-state index contributed by atoms with van der Waals surface area (Å²) < 4.78 is 13.5. The fourth-order valence-electron chi connectivity index (χ4n) is 5.05. The molecule has 2 heterocycles. The second-order valence-corrected chi connectivity index (χ2v) is 9.63. The molecule has 2 aromatic carbocycles. The third-order valence-electron chi connectivity index (χ3n) is 6.95. The van der Waals surface area contributed by atoms with Crippen molar-refractivity contribution in [2.45, 2.75) is 57.5 Å². The molecule has 0 bridgehead atoms. The van der Waals surface area contributed by atoms with Gasteiger partial charge in [-0.1, -0.05) is 42.0 Å². The lowest BCUT2D eigenvalue weighted by molar-refractivity contribution is -0.131. The highest BCUT2D eigenvalue weighted by molar-refractivity contribution is 5.80. The van der Waals surface area contributed by atoms with Crippen LogP contribution in [0.25, 0.3) is 0 Å². The van der Waals surface area contributed by atoms with E-state index in [-0.39, 0.29) is 23.2 Å². The lowest BCUT2D eigenvalue weighted by Gasteiger charge is -2.30. The van der Waals surface area contributed by atoms with Crippen LogP contribution in [-0.2, 0) is 22.6 Å². The summed E-state index contributed by atoms with van der Waals surface area (Å²) in [7, 11) is 0. The number of benzene rings is 2. The van der Waals surface area contributed by atoms with Crippen molar-refractivity contribution in [2.75, 3.05) is 26.2 Å². The normalized spacial score (nSPS) is 21.6. The maximum atomic E-state index is 13.5. The monoisotopic (exact) mass is 451 g/mol. The Morgan fingerprint density at radius 3 is 2.61 bits per heavy atom. The first kappa shape index (κ1) is 23.4. The van der Waals surface area contributed by atoms with Gasteiger partial charge in [-0.3, -0.25) is 14.5 Å². The number of hydrogen-bond donors (Lipinski definition) is 1. The van der Waals surface area contributed by atoms with Gasteiger partial charge in [0.1, 0.15) is 5.82 Å². The van der Waals surface area contributed by atoms with Crippen LogP contribution < -0.4 is 5.32 Å². The summed E-state index contributed by atoms with van der Waals surface area (Å²) in [5, 5.41) is 3.19. The fourth-order valence-corrected chi connectivity index (χ4v) is 5.05. The van der Waals surface area contributed by atoms with E-state index in [1.54, 1.807) is 12.1 Å². The molecule has 6 heteroatoms. The molecule has 1 unspecified atom stereocenters. The molecule has 2 fully saturated rings. The number of carbonyl (C=O) groups is 2. The van der Waals surface area contributed by atoms with E-state index >= 15 is 0 Å². The van der Waals surface area contributed by atoms with Gasteiger partial charge in [-0.15, -0.1) is 0 Å². The summed E-state index contributed by atoms with van der Waals surface area (Å²) in [5.41, 5.74) is 3.03. The van der Waals surface area contributed by atoms with Crippen molar-refractivity contribution in [3.05, 3.63) is 71.0 Å². The second kappa shape index (κ2) is 10.5. The van der Waals surface area contributed by atoms with Gasteiger partial charge in [0.15, 0.2) is 0 Å². The van der Waals surface area contributed by atoms with Crippen molar-refractivity contribution in [3.63, 3.8) is 0 Å². The Labute approximate surface area is 196 Å². The van der Waals surface area contributed by atoms with Crippen molar-refractivity contribution in [2.24, 2.45) is 0 Å². The molecule has 2 aliphatic heterocycles. The number of hydrogen-bond acceptors (Lipinski definition) is 3. The third-order valence-corrected chi connectivity index (χ3v) is 6.95. The fraction of sp³-hybridized carbons (Fsp3) is 0.481. The van der Waals surface area contributed by atoms with Gasteiger partial charge < -0.3 is 10.2 Å².